The Balaban J connectivity index is 1.79. The Labute approximate surface area is 118 Å². The van der Waals surface area contributed by atoms with Crippen molar-refractivity contribution in [3.05, 3.63) is 47.7 Å². The molecule has 1 saturated carbocycles. The zero-order valence-electron chi connectivity index (χ0n) is 11.4. The number of carboxylic acids is 1. The summed E-state index contributed by atoms with van der Waals surface area (Å²) >= 11 is 0. The van der Waals surface area contributed by atoms with Crippen LogP contribution >= 0.6 is 0 Å². The van der Waals surface area contributed by atoms with Crippen LogP contribution in [0.2, 0.25) is 0 Å². The number of rotatable bonds is 3. The minimum absolute atomic E-state index is 0.233. The molecule has 2 aromatic rings. The fourth-order valence-corrected chi connectivity index (χ4v) is 3.06. The first kappa shape index (κ1) is 13.0. The van der Waals surface area contributed by atoms with E-state index in [0.29, 0.717) is 5.92 Å². The molecule has 104 valence electrons. The van der Waals surface area contributed by atoms with Gasteiger partial charge in [-0.1, -0.05) is 43.5 Å². The molecule has 3 rings (SSSR count). The van der Waals surface area contributed by atoms with Crippen LogP contribution in [0.4, 0.5) is 0 Å². The quantitative estimate of drug-likeness (QED) is 0.866. The van der Waals surface area contributed by atoms with Gasteiger partial charge in [-0.3, -0.25) is 0 Å². The van der Waals surface area contributed by atoms with Crippen LogP contribution in [0.1, 0.15) is 54.1 Å². The number of aromatic amines is 1. The van der Waals surface area contributed by atoms with Crippen molar-refractivity contribution in [1.29, 1.82) is 0 Å². The van der Waals surface area contributed by atoms with Crippen LogP contribution in [0.25, 0.3) is 11.3 Å². The average Bonchev–Trinajstić information content (AvgIpc) is 2.98. The van der Waals surface area contributed by atoms with Gasteiger partial charge in [0.1, 0.15) is 5.69 Å². The van der Waals surface area contributed by atoms with Gasteiger partial charge in [-0.25, -0.2) is 4.79 Å². The lowest BCUT2D eigenvalue weighted by Crippen LogP contribution is -2.04. The highest BCUT2D eigenvalue weighted by atomic mass is 16.4. The van der Waals surface area contributed by atoms with Crippen molar-refractivity contribution in [2.45, 2.75) is 38.0 Å². The molecule has 0 unspecified atom stereocenters. The number of hydrogen-bond donors (Lipinski definition) is 2. The van der Waals surface area contributed by atoms with E-state index in [0.717, 1.165) is 11.3 Å². The summed E-state index contributed by atoms with van der Waals surface area (Å²) in [7, 11) is 0. The molecule has 2 N–H and O–H groups in total. The van der Waals surface area contributed by atoms with Gasteiger partial charge in [0.05, 0.1) is 0 Å². The molecule has 0 atom stereocenters. The predicted molar refractivity (Wildman–Crippen MR) is 79.0 cm³/mol. The van der Waals surface area contributed by atoms with Gasteiger partial charge in [-0.05, 0) is 42.0 Å². The number of hydrogen-bond acceptors (Lipinski definition) is 1. The van der Waals surface area contributed by atoms with E-state index in [1.54, 1.807) is 6.07 Å². The third-order valence-corrected chi connectivity index (χ3v) is 4.21. The highest BCUT2D eigenvalue weighted by Gasteiger charge is 2.15. The maximum Gasteiger partial charge on any atom is 0.352 e. The van der Waals surface area contributed by atoms with Crippen molar-refractivity contribution in [2.24, 2.45) is 0 Å². The number of aromatic nitrogens is 1. The molecule has 0 radical (unpaired) electrons. The molecular formula is C17H19NO2. The topological polar surface area (TPSA) is 53.1 Å². The summed E-state index contributed by atoms with van der Waals surface area (Å²) in [6.45, 7) is 0. The SMILES string of the molecule is O=C(O)c1ccc(-c2ccc(C3CCCCC3)cc2)[nH]1. The predicted octanol–water partition coefficient (Wildman–Crippen LogP) is 4.43. The van der Waals surface area contributed by atoms with Crippen LogP contribution in [-0.2, 0) is 0 Å². The second-order valence-corrected chi connectivity index (χ2v) is 5.55. The van der Waals surface area contributed by atoms with Crippen molar-refractivity contribution in [1.82, 2.24) is 4.98 Å². The Hall–Kier alpha value is -2.03. The van der Waals surface area contributed by atoms with Gasteiger partial charge < -0.3 is 10.1 Å². The van der Waals surface area contributed by atoms with E-state index in [2.05, 4.69) is 29.2 Å². The molecule has 20 heavy (non-hydrogen) atoms. The Morgan fingerprint density at radius 3 is 2.30 bits per heavy atom. The summed E-state index contributed by atoms with van der Waals surface area (Å²) in [5.74, 6) is -0.217. The monoisotopic (exact) mass is 269 g/mol. The molecule has 0 bridgehead atoms. The first-order valence-electron chi connectivity index (χ1n) is 7.26. The molecular weight excluding hydrogens is 250 g/mol. The number of aromatic carboxylic acids is 1. The van der Waals surface area contributed by atoms with Gasteiger partial charge in [-0.15, -0.1) is 0 Å². The van der Waals surface area contributed by atoms with Gasteiger partial charge in [-0.2, -0.15) is 0 Å². The number of carboxylic acid groups (broad SMARTS) is 1. The van der Waals surface area contributed by atoms with Crippen molar-refractivity contribution in [3.63, 3.8) is 0 Å². The molecule has 1 aliphatic rings. The molecule has 1 aromatic heterocycles. The highest BCUT2D eigenvalue weighted by molar-refractivity contribution is 5.86. The summed E-state index contributed by atoms with van der Waals surface area (Å²) in [6, 6.07) is 12.0. The Morgan fingerprint density at radius 1 is 1.00 bits per heavy atom. The number of H-pyrrole nitrogens is 1. The zero-order chi connectivity index (χ0) is 13.9. The molecule has 3 nitrogen and oxygen atoms in total. The van der Waals surface area contributed by atoms with Crippen molar-refractivity contribution < 1.29 is 9.90 Å². The molecule has 1 aromatic carbocycles. The van der Waals surface area contributed by atoms with Gasteiger partial charge in [0, 0.05) is 5.69 Å². The number of benzene rings is 1. The maximum absolute atomic E-state index is 10.9. The van der Waals surface area contributed by atoms with Crippen LogP contribution in [-0.4, -0.2) is 16.1 Å². The molecule has 0 spiro atoms. The third-order valence-electron chi connectivity index (χ3n) is 4.21. The normalized spacial score (nSPS) is 16.2. The minimum Gasteiger partial charge on any atom is -0.477 e. The number of carbonyl (C=O) groups is 1. The molecule has 0 aliphatic heterocycles. The average molecular weight is 269 g/mol. The summed E-state index contributed by atoms with van der Waals surface area (Å²) in [5.41, 5.74) is 3.55. The molecule has 1 fully saturated rings. The first-order chi connectivity index (χ1) is 9.74. The standard InChI is InChI=1S/C17H19NO2/c19-17(20)16-11-10-15(18-16)14-8-6-13(7-9-14)12-4-2-1-3-5-12/h6-12,18H,1-5H2,(H,19,20). The Bertz CT molecular complexity index is 592. The molecule has 1 heterocycles. The Morgan fingerprint density at radius 2 is 1.70 bits per heavy atom. The van der Waals surface area contributed by atoms with Gasteiger partial charge in [0.25, 0.3) is 0 Å². The van der Waals surface area contributed by atoms with E-state index in [1.807, 2.05) is 6.07 Å². The van der Waals surface area contributed by atoms with Crippen LogP contribution < -0.4 is 0 Å². The van der Waals surface area contributed by atoms with Gasteiger partial charge >= 0.3 is 5.97 Å². The summed E-state index contributed by atoms with van der Waals surface area (Å²) in [4.78, 5) is 13.8. The van der Waals surface area contributed by atoms with E-state index in [4.69, 9.17) is 5.11 Å². The smallest absolute Gasteiger partial charge is 0.352 e. The second kappa shape index (κ2) is 5.53. The van der Waals surface area contributed by atoms with E-state index < -0.39 is 5.97 Å². The highest BCUT2D eigenvalue weighted by Crippen LogP contribution is 2.33. The van der Waals surface area contributed by atoms with E-state index in [1.165, 1.54) is 37.7 Å². The lowest BCUT2D eigenvalue weighted by molar-refractivity contribution is 0.0691. The van der Waals surface area contributed by atoms with E-state index in [9.17, 15) is 4.79 Å². The lowest BCUT2D eigenvalue weighted by atomic mass is 9.84. The lowest BCUT2D eigenvalue weighted by Gasteiger charge is -2.22. The third kappa shape index (κ3) is 2.62. The van der Waals surface area contributed by atoms with Crippen LogP contribution in [0, 0.1) is 0 Å². The van der Waals surface area contributed by atoms with Gasteiger partial charge in [0.2, 0.25) is 0 Å². The fraction of sp³-hybridized carbons (Fsp3) is 0.353. The Kier molecular flexibility index (Phi) is 3.59. The molecule has 0 amide bonds. The van der Waals surface area contributed by atoms with Crippen LogP contribution in [0.3, 0.4) is 0 Å². The van der Waals surface area contributed by atoms with E-state index >= 15 is 0 Å². The van der Waals surface area contributed by atoms with Crippen molar-refractivity contribution in [2.75, 3.05) is 0 Å². The number of nitrogens with one attached hydrogen (secondary N) is 1. The maximum atomic E-state index is 10.9. The first-order valence-corrected chi connectivity index (χ1v) is 7.26. The fourth-order valence-electron chi connectivity index (χ4n) is 3.06. The van der Waals surface area contributed by atoms with Crippen molar-refractivity contribution in [3.8, 4) is 11.3 Å². The van der Waals surface area contributed by atoms with Crippen molar-refractivity contribution >= 4 is 5.97 Å². The van der Waals surface area contributed by atoms with E-state index in [-0.39, 0.29) is 5.69 Å². The van der Waals surface area contributed by atoms with Gasteiger partial charge in [0.15, 0.2) is 0 Å². The van der Waals surface area contributed by atoms with Crippen LogP contribution in [0.5, 0.6) is 0 Å². The second-order valence-electron chi connectivity index (χ2n) is 5.55. The largest absolute Gasteiger partial charge is 0.477 e. The summed E-state index contributed by atoms with van der Waals surface area (Å²) < 4.78 is 0. The zero-order valence-corrected chi connectivity index (χ0v) is 11.4. The summed E-state index contributed by atoms with van der Waals surface area (Å²) in [5, 5.41) is 8.93. The summed E-state index contributed by atoms with van der Waals surface area (Å²) in [6.07, 6.45) is 6.64. The minimum atomic E-state index is -0.921. The molecule has 0 saturated heterocycles. The molecule has 3 heteroatoms. The molecule has 1 aliphatic carbocycles. The van der Waals surface area contributed by atoms with Crippen LogP contribution in [0.15, 0.2) is 36.4 Å².